The number of nitrogens with one attached hydrogen (secondary N) is 1. The Hall–Kier alpha value is -1.35. The summed E-state index contributed by atoms with van der Waals surface area (Å²) in [5.74, 6) is 1.07. The fourth-order valence-corrected chi connectivity index (χ4v) is 4.03. The molecule has 1 fully saturated rings. The highest BCUT2D eigenvalue weighted by atomic mass is 32.2. The van der Waals surface area contributed by atoms with Crippen molar-refractivity contribution in [2.24, 2.45) is 0 Å². The van der Waals surface area contributed by atoms with Crippen LogP contribution in [0.3, 0.4) is 0 Å². The smallest absolute Gasteiger partial charge is 0.240 e. The quantitative estimate of drug-likeness (QED) is 0.823. The highest BCUT2D eigenvalue weighted by Crippen LogP contribution is 2.32. The lowest BCUT2D eigenvalue weighted by atomic mass is 10.2. The van der Waals surface area contributed by atoms with Crippen LogP contribution in [0.15, 0.2) is 23.1 Å². The number of benzene rings is 1. The van der Waals surface area contributed by atoms with Crippen molar-refractivity contribution >= 4 is 10.0 Å². The van der Waals surface area contributed by atoms with Gasteiger partial charge >= 0.3 is 0 Å². The standard InChI is InChI=1S/C16H25N3O4S/c1-13(19-7-5-18(2)6-8-19)12-17-24(20,21)14-3-4-15-16(11-14)23-10-9-22-15/h3-4,11,13,17H,5-10,12H2,1-2H3/t13-/m0/s1. The van der Waals surface area contributed by atoms with Crippen LogP contribution in [0.4, 0.5) is 0 Å². The van der Waals surface area contributed by atoms with Crippen LogP contribution in [-0.4, -0.2) is 77.2 Å². The molecule has 1 saturated heterocycles. The van der Waals surface area contributed by atoms with Crippen LogP contribution in [0.2, 0.25) is 0 Å². The zero-order chi connectivity index (χ0) is 17.2. The van der Waals surface area contributed by atoms with Gasteiger partial charge in [-0.1, -0.05) is 0 Å². The van der Waals surface area contributed by atoms with E-state index in [2.05, 4.69) is 28.5 Å². The minimum atomic E-state index is -3.56. The van der Waals surface area contributed by atoms with Crippen molar-refractivity contribution in [1.29, 1.82) is 0 Å². The predicted molar refractivity (Wildman–Crippen MR) is 91.2 cm³/mol. The lowest BCUT2D eigenvalue weighted by molar-refractivity contribution is 0.120. The molecule has 1 aromatic rings. The fraction of sp³-hybridized carbons (Fsp3) is 0.625. The summed E-state index contributed by atoms with van der Waals surface area (Å²) in [6.07, 6.45) is 0. The van der Waals surface area contributed by atoms with Crippen molar-refractivity contribution in [3.05, 3.63) is 18.2 Å². The van der Waals surface area contributed by atoms with Crippen molar-refractivity contribution < 1.29 is 17.9 Å². The van der Waals surface area contributed by atoms with Gasteiger partial charge in [-0.3, -0.25) is 4.90 Å². The van der Waals surface area contributed by atoms with Crippen molar-refractivity contribution in [3.8, 4) is 11.5 Å². The molecule has 0 aliphatic carbocycles. The summed E-state index contributed by atoms with van der Waals surface area (Å²) in [6.45, 7) is 7.31. The number of rotatable bonds is 5. The van der Waals surface area contributed by atoms with Gasteiger partial charge in [-0.05, 0) is 26.1 Å². The summed E-state index contributed by atoms with van der Waals surface area (Å²) in [5, 5.41) is 0. The number of ether oxygens (including phenoxy) is 2. The maximum absolute atomic E-state index is 12.5. The molecule has 24 heavy (non-hydrogen) atoms. The molecule has 2 aliphatic rings. The maximum atomic E-state index is 12.5. The Morgan fingerprint density at radius 1 is 1.12 bits per heavy atom. The topological polar surface area (TPSA) is 71.1 Å². The molecule has 0 amide bonds. The lowest BCUT2D eigenvalue weighted by Gasteiger charge is -2.36. The fourth-order valence-electron chi connectivity index (χ4n) is 2.90. The molecule has 0 radical (unpaired) electrons. The van der Waals surface area contributed by atoms with Gasteiger partial charge in [0.15, 0.2) is 11.5 Å². The number of hydrogen-bond acceptors (Lipinski definition) is 6. The lowest BCUT2D eigenvalue weighted by Crippen LogP contribution is -2.51. The Balaban J connectivity index is 1.61. The monoisotopic (exact) mass is 355 g/mol. The second-order valence-corrected chi connectivity index (χ2v) is 8.11. The van der Waals surface area contributed by atoms with Gasteiger partial charge in [0.2, 0.25) is 10.0 Å². The van der Waals surface area contributed by atoms with Crippen LogP contribution >= 0.6 is 0 Å². The molecular weight excluding hydrogens is 330 g/mol. The van der Waals surface area contributed by atoms with E-state index in [4.69, 9.17) is 9.47 Å². The maximum Gasteiger partial charge on any atom is 0.240 e. The predicted octanol–water partition coefficient (Wildman–Crippen LogP) is 0.372. The Labute approximate surface area is 143 Å². The van der Waals surface area contributed by atoms with E-state index < -0.39 is 10.0 Å². The third kappa shape index (κ3) is 4.00. The molecule has 0 aromatic heterocycles. The van der Waals surface area contributed by atoms with E-state index in [0.717, 1.165) is 26.2 Å². The highest BCUT2D eigenvalue weighted by Gasteiger charge is 2.23. The summed E-state index contributed by atoms with van der Waals surface area (Å²) < 4.78 is 38.6. The van der Waals surface area contributed by atoms with Gasteiger partial charge in [0.25, 0.3) is 0 Å². The third-order valence-corrected chi connectivity index (χ3v) is 5.98. The molecule has 0 bridgehead atoms. The first-order valence-corrected chi connectivity index (χ1v) is 9.76. The van der Waals surface area contributed by atoms with E-state index in [1.807, 2.05) is 0 Å². The average molecular weight is 355 g/mol. The van der Waals surface area contributed by atoms with Gasteiger partial charge in [0.1, 0.15) is 13.2 Å². The summed E-state index contributed by atoms with van der Waals surface area (Å²) in [4.78, 5) is 4.80. The Morgan fingerprint density at radius 2 is 1.79 bits per heavy atom. The molecule has 0 spiro atoms. The number of sulfonamides is 1. The van der Waals surface area contributed by atoms with E-state index in [1.54, 1.807) is 12.1 Å². The highest BCUT2D eigenvalue weighted by molar-refractivity contribution is 7.89. The Kier molecular flexibility index (Phi) is 5.29. The molecule has 2 aliphatic heterocycles. The minimum Gasteiger partial charge on any atom is -0.486 e. The van der Waals surface area contributed by atoms with Gasteiger partial charge in [-0.25, -0.2) is 13.1 Å². The van der Waals surface area contributed by atoms with Crippen molar-refractivity contribution in [1.82, 2.24) is 14.5 Å². The molecule has 7 nitrogen and oxygen atoms in total. The zero-order valence-electron chi connectivity index (χ0n) is 14.2. The van der Waals surface area contributed by atoms with Gasteiger partial charge in [-0.15, -0.1) is 0 Å². The third-order valence-electron chi connectivity index (χ3n) is 4.55. The molecular formula is C16H25N3O4S. The van der Waals surface area contributed by atoms with Gasteiger partial charge in [0.05, 0.1) is 4.90 Å². The molecule has 8 heteroatoms. The molecule has 1 aromatic carbocycles. The number of fused-ring (bicyclic) bond motifs is 1. The number of hydrogen-bond donors (Lipinski definition) is 1. The largest absolute Gasteiger partial charge is 0.486 e. The van der Waals surface area contributed by atoms with E-state index in [9.17, 15) is 8.42 Å². The van der Waals surface area contributed by atoms with Crippen molar-refractivity contribution in [2.75, 3.05) is 53.0 Å². The van der Waals surface area contributed by atoms with E-state index >= 15 is 0 Å². The van der Waals surface area contributed by atoms with E-state index in [0.29, 0.717) is 31.3 Å². The van der Waals surface area contributed by atoms with Crippen LogP contribution in [0.1, 0.15) is 6.92 Å². The normalized spacial score (nSPS) is 20.8. The molecule has 3 rings (SSSR count). The van der Waals surface area contributed by atoms with Crippen molar-refractivity contribution in [3.63, 3.8) is 0 Å². The Morgan fingerprint density at radius 3 is 2.50 bits per heavy atom. The summed E-state index contributed by atoms with van der Waals surface area (Å²) in [7, 11) is -1.46. The number of likely N-dealkylation sites (N-methyl/N-ethyl adjacent to an activating group) is 1. The van der Waals surface area contributed by atoms with Crippen LogP contribution in [-0.2, 0) is 10.0 Å². The van der Waals surface area contributed by atoms with Crippen LogP contribution < -0.4 is 14.2 Å². The van der Waals surface area contributed by atoms with Gasteiger partial charge in [-0.2, -0.15) is 0 Å². The average Bonchev–Trinajstić information content (AvgIpc) is 2.60. The number of piperazine rings is 1. The first-order chi connectivity index (χ1) is 11.5. The van der Waals surface area contributed by atoms with E-state index in [-0.39, 0.29) is 10.9 Å². The molecule has 1 atom stereocenters. The van der Waals surface area contributed by atoms with Crippen LogP contribution in [0, 0.1) is 0 Å². The Bertz CT molecular complexity index is 672. The number of nitrogens with zero attached hydrogens (tertiary/aromatic N) is 2. The zero-order valence-corrected chi connectivity index (χ0v) is 15.0. The molecule has 134 valence electrons. The van der Waals surface area contributed by atoms with Crippen LogP contribution in [0.5, 0.6) is 11.5 Å². The van der Waals surface area contributed by atoms with Crippen molar-refractivity contribution in [2.45, 2.75) is 17.9 Å². The first-order valence-electron chi connectivity index (χ1n) is 8.27. The van der Waals surface area contributed by atoms with Gasteiger partial charge < -0.3 is 14.4 Å². The SMILES string of the molecule is C[C@@H](CNS(=O)(=O)c1ccc2c(c1)OCCO2)N1CCN(C)CC1. The summed E-state index contributed by atoms with van der Waals surface area (Å²) in [6, 6.07) is 4.88. The second kappa shape index (κ2) is 7.26. The molecule has 0 saturated carbocycles. The molecule has 2 heterocycles. The first kappa shape index (κ1) is 17.5. The molecule has 0 unspecified atom stereocenters. The minimum absolute atomic E-state index is 0.158. The second-order valence-electron chi connectivity index (χ2n) is 6.35. The summed E-state index contributed by atoms with van der Waals surface area (Å²) in [5.41, 5.74) is 0. The summed E-state index contributed by atoms with van der Waals surface area (Å²) >= 11 is 0. The molecule has 1 N–H and O–H groups in total. The van der Waals surface area contributed by atoms with Gasteiger partial charge in [0, 0.05) is 44.8 Å². The van der Waals surface area contributed by atoms with E-state index in [1.165, 1.54) is 6.07 Å². The van der Waals surface area contributed by atoms with Crippen LogP contribution in [0.25, 0.3) is 0 Å².